The number of aromatic nitrogens is 1. The molecule has 1 amide bonds. The van der Waals surface area contributed by atoms with Gasteiger partial charge in [0.05, 0.1) is 16.4 Å². The zero-order chi connectivity index (χ0) is 17.5. The van der Waals surface area contributed by atoms with Crippen molar-refractivity contribution in [3.8, 4) is 12.1 Å². The van der Waals surface area contributed by atoms with Crippen LogP contribution >= 0.6 is 11.8 Å². The van der Waals surface area contributed by atoms with Gasteiger partial charge in [0.25, 0.3) is 0 Å². The van der Waals surface area contributed by atoms with Crippen molar-refractivity contribution in [1.29, 1.82) is 10.5 Å². The fraction of sp³-hybridized carbons (Fsp3) is 0.176. The van der Waals surface area contributed by atoms with Gasteiger partial charge in [-0.3, -0.25) is 4.79 Å². The number of benzene rings is 1. The van der Waals surface area contributed by atoms with Crippen molar-refractivity contribution in [2.75, 3.05) is 11.1 Å². The first-order valence-corrected chi connectivity index (χ1v) is 8.10. The van der Waals surface area contributed by atoms with E-state index in [-0.39, 0.29) is 22.9 Å². The van der Waals surface area contributed by atoms with Crippen molar-refractivity contribution in [3.05, 3.63) is 47.5 Å². The number of anilines is 2. The topological polar surface area (TPSA) is 116 Å². The minimum atomic E-state index is -0.433. The summed E-state index contributed by atoms with van der Waals surface area (Å²) < 4.78 is 0. The van der Waals surface area contributed by atoms with Crippen LogP contribution in [0.15, 0.2) is 41.4 Å². The molecule has 24 heavy (non-hydrogen) atoms. The number of carbonyl (C=O) groups excluding carboxylic acids is 1. The SMILES string of the molecule is CCC(Sc1nc(N)c(C#N)cc1C#N)C(=O)Nc1ccccc1. The zero-order valence-electron chi connectivity index (χ0n) is 13.0. The number of nitrogens with zero attached hydrogens (tertiary/aromatic N) is 3. The first-order valence-electron chi connectivity index (χ1n) is 7.22. The fourth-order valence-corrected chi connectivity index (χ4v) is 2.96. The molecule has 1 aromatic carbocycles. The molecule has 0 aliphatic rings. The van der Waals surface area contributed by atoms with E-state index in [0.717, 1.165) is 0 Å². The normalized spacial score (nSPS) is 11.1. The van der Waals surface area contributed by atoms with E-state index in [1.54, 1.807) is 12.1 Å². The molecule has 0 radical (unpaired) electrons. The van der Waals surface area contributed by atoms with Crippen LogP contribution in [0.3, 0.4) is 0 Å². The van der Waals surface area contributed by atoms with Gasteiger partial charge in [-0.1, -0.05) is 36.9 Å². The number of nitrogens with two attached hydrogens (primary N) is 1. The smallest absolute Gasteiger partial charge is 0.237 e. The van der Waals surface area contributed by atoms with E-state index >= 15 is 0 Å². The molecule has 1 heterocycles. The van der Waals surface area contributed by atoms with Crippen LogP contribution in [0.2, 0.25) is 0 Å². The molecule has 0 saturated carbocycles. The second-order valence-corrected chi connectivity index (χ2v) is 6.06. The average Bonchev–Trinajstić information content (AvgIpc) is 2.60. The largest absolute Gasteiger partial charge is 0.383 e. The summed E-state index contributed by atoms with van der Waals surface area (Å²) in [7, 11) is 0. The molecule has 1 atom stereocenters. The van der Waals surface area contributed by atoms with Gasteiger partial charge in [0.1, 0.15) is 23.0 Å². The number of nitrogens with one attached hydrogen (secondary N) is 1. The Balaban J connectivity index is 2.21. The zero-order valence-corrected chi connectivity index (χ0v) is 13.8. The minimum Gasteiger partial charge on any atom is -0.383 e. The third-order valence-electron chi connectivity index (χ3n) is 3.22. The van der Waals surface area contributed by atoms with Gasteiger partial charge < -0.3 is 11.1 Å². The van der Waals surface area contributed by atoms with E-state index < -0.39 is 5.25 Å². The number of hydrogen-bond donors (Lipinski definition) is 2. The van der Waals surface area contributed by atoms with Crippen molar-refractivity contribution in [2.45, 2.75) is 23.6 Å². The number of nitriles is 2. The van der Waals surface area contributed by atoms with E-state index in [0.29, 0.717) is 17.1 Å². The van der Waals surface area contributed by atoms with Gasteiger partial charge in [-0.05, 0) is 24.6 Å². The molecule has 7 heteroatoms. The number of pyridine rings is 1. The lowest BCUT2D eigenvalue weighted by Gasteiger charge is -2.15. The summed E-state index contributed by atoms with van der Waals surface area (Å²) in [6, 6.07) is 14.4. The molecule has 2 rings (SSSR count). The van der Waals surface area contributed by atoms with E-state index in [4.69, 9.17) is 11.0 Å². The van der Waals surface area contributed by atoms with Crippen LogP contribution in [-0.2, 0) is 4.79 Å². The van der Waals surface area contributed by atoms with Gasteiger partial charge in [-0.2, -0.15) is 10.5 Å². The van der Waals surface area contributed by atoms with Gasteiger partial charge in [0, 0.05) is 5.69 Å². The highest BCUT2D eigenvalue weighted by Gasteiger charge is 2.21. The molecule has 120 valence electrons. The third-order valence-corrected chi connectivity index (χ3v) is 4.58. The van der Waals surface area contributed by atoms with Crippen LogP contribution in [0.25, 0.3) is 0 Å². The van der Waals surface area contributed by atoms with Crippen LogP contribution in [-0.4, -0.2) is 16.1 Å². The summed E-state index contributed by atoms with van der Waals surface area (Å²) in [5, 5.41) is 20.9. The van der Waals surface area contributed by atoms with E-state index in [9.17, 15) is 10.1 Å². The Morgan fingerprint density at radius 1 is 1.29 bits per heavy atom. The van der Waals surface area contributed by atoms with Crippen molar-refractivity contribution >= 4 is 29.2 Å². The van der Waals surface area contributed by atoms with Crippen LogP contribution in [0.4, 0.5) is 11.5 Å². The van der Waals surface area contributed by atoms with Crippen LogP contribution in [0, 0.1) is 22.7 Å². The van der Waals surface area contributed by atoms with Crippen molar-refractivity contribution in [2.24, 2.45) is 0 Å². The Morgan fingerprint density at radius 2 is 1.96 bits per heavy atom. The monoisotopic (exact) mass is 337 g/mol. The van der Waals surface area contributed by atoms with E-state index in [1.165, 1.54) is 17.8 Å². The molecule has 0 aliphatic carbocycles. The molecule has 0 saturated heterocycles. The first kappa shape index (κ1) is 17.3. The van der Waals surface area contributed by atoms with Gasteiger partial charge in [0.15, 0.2) is 0 Å². The summed E-state index contributed by atoms with van der Waals surface area (Å²) in [4.78, 5) is 16.5. The van der Waals surface area contributed by atoms with E-state index in [2.05, 4.69) is 10.3 Å². The predicted molar refractivity (Wildman–Crippen MR) is 93.1 cm³/mol. The van der Waals surface area contributed by atoms with Gasteiger partial charge in [-0.25, -0.2) is 4.98 Å². The molecule has 1 aromatic heterocycles. The van der Waals surface area contributed by atoms with Crippen molar-refractivity contribution in [1.82, 2.24) is 4.98 Å². The molecular formula is C17H15N5OS. The molecule has 0 fully saturated rings. The van der Waals surface area contributed by atoms with Gasteiger partial charge in [0.2, 0.25) is 5.91 Å². The number of nitrogen functional groups attached to an aromatic ring is 1. The minimum absolute atomic E-state index is 0.0531. The highest BCUT2D eigenvalue weighted by atomic mass is 32.2. The number of thioether (sulfide) groups is 1. The van der Waals surface area contributed by atoms with Crippen molar-refractivity contribution < 1.29 is 4.79 Å². The Morgan fingerprint density at radius 3 is 2.54 bits per heavy atom. The Labute approximate surface area is 144 Å². The maximum atomic E-state index is 12.4. The molecule has 1 unspecified atom stereocenters. The molecule has 0 aliphatic heterocycles. The lowest BCUT2D eigenvalue weighted by atomic mass is 10.2. The standard InChI is InChI=1S/C17H15N5OS/c1-2-14(16(23)21-13-6-4-3-5-7-13)24-17-12(10-19)8-11(9-18)15(20)22-17/h3-8,14H,2H2,1H3,(H2,20,22)(H,21,23). The number of rotatable bonds is 5. The second-order valence-electron chi connectivity index (χ2n) is 4.87. The number of carbonyl (C=O) groups is 1. The number of hydrogen-bond acceptors (Lipinski definition) is 6. The lowest BCUT2D eigenvalue weighted by molar-refractivity contribution is -0.115. The van der Waals surface area contributed by atoms with Gasteiger partial charge >= 0.3 is 0 Å². The van der Waals surface area contributed by atoms with Crippen LogP contribution in [0.5, 0.6) is 0 Å². The number of amides is 1. The summed E-state index contributed by atoms with van der Waals surface area (Å²) >= 11 is 1.17. The third kappa shape index (κ3) is 4.03. The van der Waals surface area contributed by atoms with Crippen LogP contribution in [0.1, 0.15) is 24.5 Å². The molecule has 3 N–H and O–H groups in total. The predicted octanol–water partition coefficient (Wildman–Crippen LogP) is 2.92. The van der Waals surface area contributed by atoms with Gasteiger partial charge in [-0.15, -0.1) is 0 Å². The summed E-state index contributed by atoms with van der Waals surface area (Å²) in [6.07, 6.45) is 0.551. The first-order chi connectivity index (χ1) is 11.6. The molecule has 6 nitrogen and oxygen atoms in total. The lowest BCUT2D eigenvalue weighted by Crippen LogP contribution is -2.24. The highest BCUT2D eigenvalue weighted by molar-refractivity contribution is 8.00. The summed E-state index contributed by atoms with van der Waals surface area (Å²) in [5.41, 5.74) is 6.80. The quantitative estimate of drug-likeness (QED) is 0.810. The maximum absolute atomic E-state index is 12.4. The average molecular weight is 337 g/mol. The second kappa shape index (κ2) is 8.00. The molecule has 0 bridgehead atoms. The Bertz CT molecular complexity index is 823. The molecule has 2 aromatic rings. The number of para-hydroxylation sites is 1. The van der Waals surface area contributed by atoms with Crippen LogP contribution < -0.4 is 11.1 Å². The van der Waals surface area contributed by atoms with E-state index in [1.807, 2.05) is 37.3 Å². The fourth-order valence-electron chi connectivity index (χ4n) is 1.97. The molecular weight excluding hydrogens is 322 g/mol. The summed E-state index contributed by atoms with van der Waals surface area (Å²) in [5.74, 6) is -0.125. The summed E-state index contributed by atoms with van der Waals surface area (Å²) in [6.45, 7) is 1.88. The van der Waals surface area contributed by atoms with Crippen molar-refractivity contribution in [3.63, 3.8) is 0 Å². The molecule has 0 spiro atoms. The maximum Gasteiger partial charge on any atom is 0.237 e. The Kier molecular flexibility index (Phi) is 5.78. The Hall–Kier alpha value is -3.03. The highest BCUT2D eigenvalue weighted by Crippen LogP contribution is 2.29.